The Hall–Kier alpha value is -0.242. The first-order valence-electron chi connectivity index (χ1n) is 14.0. The van der Waals surface area contributed by atoms with Gasteiger partial charge in [0.05, 0.1) is 8.47 Å². The Morgan fingerprint density at radius 1 is 0.468 bits per heavy atom. The van der Waals surface area contributed by atoms with Gasteiger partial charge in [-0.25, -0.2) is 0 Å². The zero-order chi connectivity index (χ0) is 32.0. The van der Waals surface area contributed by atoms with Crippen molar-refractivity contribution in [3.63, 3.8) is 0 Å². The molecule has 3 heterocycles. The summed E-state index contributed by atoms with van der Waals surface area (Å²) in [4.78, 5) is 2.85. The van der Waals surface area contributed by atoms with Crippen LogP contribution in [0, 0.1) is 3.14 Å². The van der Waals surface area contributed by atoms with E-state index < -0.39 is 15.8 Å². The number of thioether (sulfide) groups is 4. The molecule has 1 aromatic heterocycles. The fourth-order valence-corrected chi connectivity index (χ4v) is 20.7. The standard InChI is InChI=1S/C32H26P2S4.C3H2S5.Pt/c1-23-24(2)36-31(35-23)32-37-29(33(25-15-7-3-8-16-25)26-17-9-4-10-18-26)30(38-32)34(27-19-11-5-12-20-27)28-21-13-6-14-22-28;4-1-2(5)8-3(6)7-1;/h3-22H,1-2H3;4-5H;/q;;+2/p-2. The Labute approximate surface area is 335 Å². The molecule has 0 nitrogen and oxygen atoms in total. The molecule has 0 saturated heterocycles. The number of rotatable bonds is 6. The number of hydrogen-bond acceptors (Lipinski definition) is 9. The molecule has 5 aromatic rings. The fraction of sp³-hybridized carbons (Fsp3) is 0.0571. The van der Waals surface area contributed by atoms with Crippen molar-refractivity contribution in [2.45, 2.75) is 22.3 Å². The molecule has 0 amide bonds. The zero-order valence-electron chi connectivity index (χ0n) is 24.9. The van der Waals surface area contributed by atoms with E-state index in [1.54, 1.807) is 0 Å². The van der Waals surface area contributed by atoms with E-state index in [-0.39, 0.29) is 21.1 Å². The maximum Gasteiger partial charge on any atom is 2.00 e. The molecule has 0 atom stereocenters. The minimum Gasteiger partial charge on any atom is -0.429 e. The Kier molecular flexibility index (Phi) is 14.8. The van der Waals surface area contributed by atoms with Gasteiger partial charge in [-0.15, -0.1) is 20.6 Å². The molecule has 0 spiro atoms. The van der Waals surface area contributed by atoms with Crippen LogP contribution in [-0.2, 0) is 46.3 Å². The van der Waals surface area contributed by atoms with Crippen molar-refractivity contribution >= 4 is 144 Å². The van der Waals surface area contributed by atoms with Crippen LogP contribution in [-0.4, -0.2) is 0 Å². The molecule has 0 unspecified atom stereocenters. The molecule has 0 saturated carbocycles. The van der Waals surface area contributed by atoms with E-state index in [9.17, 15) is 0 Å². The average Bonchev–Trinajstić information content (AvgIpc) is 3.75. The summed E-state index contributed by atoms with van der Waals surface area (Å²) in [6, 6.07) is 44.6. The van der Waals surface area contributed by atoms with Gasteiger partial charge < -0.3 is 47.9 Å². The molecule has 0 bridgehead atoms. The molecular weight excluding hydrogens is 966 g/mol. The van der Waals surface area contributed by atoms with Gasteiger partial charge in [-0.1, -0.05) is 168 Å². The molecule has 0 radical (unpaired) electrons. The van der Waals surface area contributed by atoms with E-state index in [2.05, 4.69) is 135 Å². The van der Waals surface area contributed by atoms with Crippen LogP contribution in [0.3, 0.4) is 0 Å². The SMILES string of the molecule is CC1=C(C)SC(=C2SC(P(c3ccccc3)c3ccccc3)=C(P(c3ccccc3)c3ccccc3)S2)S1.S=c1sc([S-])c([S-])s1.[Pt+2]. The van der Waals surface area contributed by atoms with Crippen molar-refractivity contribution in [1.82, 2.24) is 0 Å². The van der Waals surface area contributed by atoms with Gasteiger partial charge in [0.25, 0.3) is 0 Å². The van der Waals surface area contributed by atoms with Gasteiger partial charge in [-0.2, -0.15) is 0 Å². The van der Waals surface area contributed by atoms with Crippen molar-refractivity contribution in [3.05, 3.63) is 152 Å². The third kappa shape index (κ3) is 9.56. The summed E-state index contributed by atoms with van der Waals surface area (Å²) in [7, 11) is -1.39. The van der Waals surface area contributed by atoms with Crippen LogP contribution >= 0.6 is 97.8 Å². The van der Waals surface area contributed by atoms with Crippen molar-refractivity contribution in [1.29, 1.82) is 0 Å². The summed E-state index contributed by atoms with van der Waals surface area (Å²) in [5.74, 6) is 0. The van der Waals surface area contributed by atoms with Gasteiger partial charge in [0.15, 0.2) is 0 Å². The molecule has 2 aliphatic rings. The van der Waals surface area contributed by atoms with E-state index >= 15 is 0 Å². The first kappa shape index (κ1) is 38.0. The van der Waals surface area contributed by atoms with Gasteiger partial charge in [-0.3, -0.25) is 0 Å². The maximum atomic E-state index is 4.83. The summed E-state index contributed by atoms with van der Waals surface area (Å²) in [5, 5.41) is 5.64. The minimum atomic E-state index is -0.696. The topological polar surface area (TPSA) is 0 Å². The molecule has 2 aliphatic heterocycles. The summed E-state index contributed by atoms with van der Waals surface area (Å²) in [6.45, 7) is 4.50. The average molecular weight is 992 g/mol. The molecule has 7 rings (SSSR count). The quantitative estimate of drug-likeness (QED) is 0.0932. The summed E-state index contributed by atoms with van der Waals surface area (Å²) in [6.07, 6.45) is 0. The molecule has 0 N–H and O–H groups in total. The van der Waals surface area contributed by atoms with E-state index in [1.807, 2.05) is 47.0 Å². The van der Waals surface area contributed by atoms with Crippen LogP contribution in [0.5, 0.6) is 0 Å². The number of allylic oxidation sites excluding steroid dienone is 2. The van der Waals surface area contributed by atoms with E-state index in [0.29, 0.717) is 0 Å². The van der Waals surface area contributed by atoms with Gasteiger partial charge in [-0.05, 0) is 63.9 Å². The van der Waals surface area contributed by atoms with Crippen LogP contribution in [0.4, 0.5) is 0 Å². The molecule has 0 aliphatic carbocycles. The van der Waals surface area contributed by atoms with Crippen molar-refractivity contribution in [2.75, 3.05) is 0 Å². The second-order valence-corrected chi connectivity index (χ2v) is 24.2. The van der Waals surface area contributed by atoms with Crippen LogP contribution in [0.2, 0.25) is 0 Å². The van der Waals surface area contributed by atoms with E-state index in [4.69, 9.17) is 37.5 Å². The monoisotopic (exact) mass is 991 g/mol. The van der Waals surface area contributed by atoms with Crippen LogP contribution in [0.1, 0.15) is 13.8 Å². The van der Waals surface area contributed by atoms with Gasteiger partial charge in [0, 0.05) is 9.29 Å². The van der Waals surface area contributed by atoms with Gasteiger partial charge >= 0.3 is 21.1 Å². The first-order chi connectivity index (χ1) is 22.4. The maximum absolute atomic E-state index is 4.83. The summed E-state index contributed by atoms with van der Waals surface area (Å²) < 4.78 is 8.30. The summed E-state index contributed by atoms with van der Waals surface area (Å²) >= 11 is 25.3. The van der Waals surface area contributed by atoms with Crippen LogP contribution in [0.15, 0.2) is 157 Å². The van der Waals surface area contributed by atoms with Gasteiger partial charge in [0.1, 0.15) is 0 Å². The van der Waals surface area contributed by atoms with Gasteiger partial charge in [0.2, 0.25) is 0 Å². The van der Waals surface area contributed by atoms with Crippen LogP contribution in [0.25, 0.3) is 0 Å². The Morgan fingerprint density at radius 2 is 0.745 bits per heavy atom. The third-order valence-electron chi connectivity index (χ3n) is 6.70. The molecular formula is C35H26P2PtS9. The largest absolute Gasteiger partial charge is 2.00 e. The normalized spacial score (nSPS) is 14.5. The van der Waals surface area contributed by atoms with Crippen molar-refractivity contribution in [2.24, 2.45) is 0 Å². The second kappa shape index (κ2) is 18.3. The number of hydrogen-bond donors (Lipinski definition) is 0. The Bertz CT molecular complexity index is 1740. The predicted molar refractivity (Wildman–Crippen MR) is 225 cm³/mol. The van der Waals surface area contributed by atoms with Crippen LogP contribution < -0.4 is 21.2 Å². The zero-order valence-corrected chi connectivity index (χ0v) is 36.3. The minimum absolute atomic E-state index is 0. The second-order valence-electron chi connectivity index (χ2n) is 9.75. The van der Waals surface area contributed by atoms with Crippen molar-refractivity contribution < 1.29 is 21.1 Å². The third-order valence-corrected chi connectivity index (χ3v) is 22.2. The molecule has 12 heteroatoms. The summed E-state index contributed by atoms with van der Waals surface area (Å²) in [5.41, 5.74) is 0. The molecule has 240 valence electrons. The molecule has 47 heavy (non-hydrogen) atoms. The number of benzene rings is 4. The Balaban J connectivity index is 0.000000424. The van der Waals surface area contributed by atoms with Crippen molar-refractivity contribution in [3.8, 4) is 0 Å². The predicted octanol–water partition coefficient (Wildman–Crippen LogP) is 12.1. The Morgan fingerprint density at radius 3 is 1.00 bits per heavy atom. The first-order valence-corrected chi connectivity index (χ1v) is 22.9. The fourth-order valence-electron chi connectivity index (χ4n) is 4.51. The van der Waals surface area contributed by atoms with E-state index in [0.717, 1.165) is 11.6 Å². The molecule has 4 aromatic carbocycles. The van der Waals surface area contributed by atoms with E-state index in [1.165, 1.54) is 71.5 Å². The smallest absolute Gasteiger partial charge is 0.429 e. The molecule has 0 fully saturated rings.